The Balaban J connectivity index is 1.93. The van der Waals surface area contributed by atoms with E-state index in [-0.39, 0.29) is 12.1 Å². The van der Waals surface area contributed by atoms with Crippen molar-refractivity contribution in [2.75, 3.05) is 4.90 Å². The third kappa shape index (κ3) is 4.67. The Labute approximate surface area is 165 Å². The van der Waals surface area contributed by atoms with Crippen LogP contribution in [-0.2, 0) is 22.1 Å². The van der Waals surface area contributed by atoms with Crippen LogP contribution in [0, 0.1) is 0 Å². The van der Waals surface area contributed by atoms with Crippen molar-refractivity contribution in [1.29, 1.82) is 0 Å². The van der Waals surface area contributed by atoms with Crippen LogP contribution in [0.25, 0.3) is 0 Å². The Bertz CT molecular complexity index is 921. The monoisotopic (exact) mass is 407 g/mol. The predicted molar refractivity (Wildman–Crippen MR) is 99.7 cm³/mol. The number of nitrogens with zero attached hydrogens (tertiary/aromatic N) is 2. The van der Waals surface area contributed by atoms with Gasteiger partial charge in [0.2, 0.25) is 0 Å². The average Bonchev–Trinajstić information content (AvgIpc) is 2.60. The van der Waals surface area contributed by atoms with E-state index in [4.69, 9.17) is 4.74 Å². The van der Waals surface area contributed by atoms with Crippen molar-refractivity contribution >= 4 is 23.4 Å². The van der Waals surface area contributed by atoms with Gasteiger partial charge in [0.1, 0.15) is 11.6 Å². The minimum Gasteiger partial charge on any atom is -0.444 e. The number of hydrogen-bond donors (Lipinski definition) is 1. The number of hydrogen-bond acceptors (Lipinski definition) is 4. The summed E-state index contributed by atoms with van der Waals surface area (Å²) in [5.41, 5.74) is -0.327. The molecule has 0 fully saturated rings. The van der Waals surface area contributed by atoms with Crippen LogP contribution in [0.15, 0.2) is 42.6 Å². The maximum absolute atomic E-state index is 13.1. The largest absolute Gasteiger partial charge is 0.444 e. The number of nitrogens with one attached hydrogen (secondary N) is 1. The van der Waals surface area contributed by atoms with Crippen LogP contribution < -0.4 is 10.2 Å². The first-order chi connectivity index (χ1) is 13.5. The van der Waals surface area contributed by atoms with E-state index in [9.17, 15) is 22.8 Å². The molecule has 0 radical (unpaired) electrons. The highest BCUT2D eigenvalue weighted by Gasteiger charge is 2.37. The normalized spacial score (nSPS) is 17.0. The molecule has 0 saturated carbocycles. The zero-order valence-corrected chi connectivity index (χ0v) is 16.1. The van der Waals surface area contributed by atoms with E-state index in [1.54, 1.807) is 39.1 Å². The van der Waals surface area contributed by atoms with Gasteiger partial charge in [0.25, 0.3) is 5.91 Å². The Morgan fingerprint density at radius 3 is 2.41 bits per heavy atom. The lowest BCUT2D eigenvalue weighted by molar-refractivity contribution is -0.137. The smallest absolute Gasteiger partial charge is 0.416 e. The summed E-state index contributed by atoms with van der Waals surface area (Å²) in [5, 5.41) is 2.53. The summed E-state index contributed by atoms with van der Waals surface area (Å²) in [7, 11) is 0. The molecule has 3 rings (SSSR count). The highest BCUT2D eigenvalue weighted by atomic mass is 19.4. The van der Waals surface area contributed by atoms with Crippen molar-refractivity contribution in [2.45, 2.75) is 45.0 Å². The van der Waals surface area contributed by atoms with E-state index >= 15 is 0 Å². The molecule has 1 aromatic heterocycles. The maximum atomic E-state index is 13.1. The highest BCUT2D eigenvalue weighted by Crippen LogP contribution is 2.35. The Morgan fingerprint density at radius 2 is 1.83 bits per heavy atom. The molecular weight excluding hydrogens is 387 g/mol. The summed E-state index contributed by atoms with van der Waals surface area (Å²) in [5.74, 6) is -0.490. The summed E-state index contributed by atoms with van der Waals surface area (Å²) in [4.78, 5) is 30.7. The number of carbonyl (C=O) groups excluding carboxylic acids is 2. The molecule has 1 unspecified atom stereocenters. The van der Waals surface area contributed by atoms with Crippen LogP contribution >= 0.6 is 0 Å². The number of pyridine rings is 1. The van der Waals surface area contributed by atoms with Gasteiger partial charge in [0, 0.05) is 18.3 Å². The Kier molecular flexibility index (Phi) is 5.25. The molecule has 1 atom stereocenters. The summed E-state index contributed by atoms with van der Waals surface area (Å²) >= 11 is 0. The Morgan fingerprint density at radius 1 is 1.17 bits per heavy atom. The molecule has 2 amide bonds. The molecule has 0 saturated heterocycles. The van der Waals surface area contributed by atoms with E-state index in [1.165, 1.54) is 17.0 Å². The van der Waals surface area contributed by atoms with Crippen LogP contribution in [0.5, 0.6) is 0 Å². The SMILES string of the molecule is CC(C)(C)OC(=O)NC1Cc2ncccc2N(c2ccc(C(F)(F)F)cc2)C1=O. The van der Waals surface area contributed by atoms with Crippen molar-refractivity contribution in [1.82, 2.24) is 10.3 Å². The number of carbonyl (C=O) groups is 2. The van der Waals surface area contributed by atoms with Crippen molar-refractivity contribution in [3.05, 3.63) is 53.9 Å². The zero-order valence-electron chi connectivity index (χ0n) is 16.1. The van der Waals surface area contributed by atoms with Gasteiger partial charge in [-0.25, -0.2) is 4.79 Å². The van der Waals surface area contributed by atoms with Gasteiger partial charge in [-0.1, -0.05) is 0 Å². The lowest BCUT2D eigenvalue weighted by Crippen LogP contribution is -2.52. The topological polar surface area (TPSA) is 71.5 Å². The van der Waals surface area contributed by atoms with E-state index in [2.05, 4.69) is 10.3 Å². The fourth-order valence-corrected chi connectivity index (χ4v) is 2.97. The number of aromatic nitrogens is 1. The second kappa shape index (κ2) is 7.38. The molecule has 1 aliphatic heterocycles. The molecule has 2 aromatic rings. The lowest BCUT2D eigenvalue weighted by Gasteiger charge is -2.34. The first kappa shape index (κ1) is 20.6. The fraction of sp³-hybridized carbons (Fsp3) is 0.350. The maximum Gasteiger partial charge on any atom is 0.416 e. The number of benzene rings is 1. The minimum absolute atomic E-state index is 0.144. The first-order valence-corrected chi connectivity index (χ1v) is 8.90. The molecule has 9 heteroatoms. The molecule has 0 spiro atoms. The van der Waals surface area contributed by atoms with Crippen LogP contribution in [0.3, 0.4) is 0 Å². The van der Waals surface area contributed by atoms with Crippen LogP contribution in [0.2, 0.25) is 0 Å². The van der Waals surface area contributed by atoms with Crippen molar-refractivity contribution in [3.8, 4) is 0 Å². The van der Waals surface area contributed by atoms with Gasteiger partial charge >= 0.3 is 12.3 Å². The van der Waals surface area contributed by atoms with Gasteiger partial charge in [-0.3, -0.25) is 14.7 Å². The van der Waals surface area contributed by atoms with Crippen molar-refractivity contribution in [2.24, 2.45) is 0 Å². The third-order valence-corrected chi connectivity index (χ3v) is 4.17. The van der Waals surface area contributed by atoms with Crippen molar-refractivity contribution < 1.29 is 27.5 Å². The minimum atomic E-state index is -4.48. The zero-order chi connectivity index (χ0) is 21.4. The molecule has 6 nitrogen and oxygen atoms in total. The van der Waals surface area contributed by atoms with Gasteiger partial charge in [-0.05, 0) is 57.2 Å². The van der Waals surface area contributed by atoms with Crippen molar-refractivity contribution in [3.63, 3.8) is 0 Å². The number of rotatable bonds is 2. The molecule has 1 N–H and O–H groups in total. The number of alkyl carbamates (subject to hydrolysis) is 1. The number of fused-ring (bicyclic) bond motifs is 1. The molecule has 2 heterocycles. The van der Waals surface area contributed by atoms with Gasteiger partial charge in [-0.15, -0.1) is 0 Å². The molecular formula is C20H20F3N3O3. The highest BCUT2D eigenvalue weighted by molar-refractivity contribution is 6.06. The van der Waals surface area contributed by atoms with Crippen LogP contribution in [0.4, 0.5) is 29.3 Å². The van der Waals surface area contributed by atoms with Crippen LogP contribution in [0.1, 0.15) is 32.0 Å². The van der Waals surface area contributed by atoms with E-state index < -0.39 is 35.4 Å². The van der Waals surface area contributed by atoms with Crippen LogP contribution in [-0.4, -0.2) is 28.6 Å². The summed E-state index contributed by atoms with van der Waals surface area (Å²) in [6.07, 6.45) is -3.55. The summed E-state index contributed by atoms with van der Waals surface area (Å²) in [6.45, 7) is 5.09. The van der Waals surface area contributed by atoms with E-state index in [0.717, 1.165) is 12.1 Å². The van der Waals surface area contributed by atoms with Gasteiger partial charge in [0.05, 0.1) is 16.9 Å². The fourth-order valence-electron chi connectivity index (χ4n) is 2.97. The van der Waals surface area contributed by atoms with E-state index in [1.807, 2.05) is 0 Å². The standard InChI is InChI=1S/C20H20F3N3O3/c1-19(2,3)29-18(28)25-15-11-14-16(5-4-10-24-14)26(17(15)27)13-8-6-12(7-9-13)20(21,22)23/h4-10,15H,11H2,1-3H3,(H,25,28). The summed E-state index contributed by atoms with van der Waals surface area (Å²) < 4.78 is 43.8. The molecule has 0 aliphatic carbocycles. The quantitative estimate of drug-likeness (QED) is 0.809. The van der Waals surface area contributed by atoms with Gasteiger partial charge in [-0.2, -0.15) is 13.2 Å². The number of amides is 2. The lowest BCUT2D eigenvalue weighted by atomic mass is 10.0. The second-order valence-electron chi connectivity index (χ2n) is 7.59. The second-order valence-corrected chi connectivity index (χ2v) is 7.59. The molecule has 0 bridgehead atoms. The number of alkyl halides is 3. The number of anilines is 2. The van der Waals surface area contributed by atoms with Gasteiger partial charge in [0.15, 0.2) is 0 Å². The molecule has 1 aliphatic rings. The van der Waals surface area contributed by atoms with Gasteiger partial charge < -0.3 is 10.1 Å². The predicted octanol–water partition coefficient (Wildman–Crippen LogP) is 4.21. The number of ether oxygens (including phenoxy) is 1. The van der Waals surface area contributed by atoms with E-state index in [0.29, 0.717) is 11.4 Å². The molecule has 154 valence electrons. The first-order valence-electron chi connectivity index (χ1n) is 8.90. The molecule has 1 aromatic carbocycles. The Hall–Kier alpha value is -3.10. The third-order valence-electron chi connectivity index (χ3n) is 4.17. The summed E-state index contributed by atoms with van der Waals surface area (Å²) in [6, 6.07) is 6.56. The average molecular weight is 407 g/mol. The number of halogens is 3. The molecule has 29 heavy (non-hydrogen) atoms.